The molecule has 3 aromatic rings. The summed E-state index contributed by atoms with van der Waals surface area (Å²) >= 11 is 1.64. The lowest BCUT2D eigenvalue weighted by Crippen LogP contribution is -2.37. The lowest BCUT2D eigenvalue weighted by Gasteiger charge is -2.26. The summed E-state index contributed by atoms with van der Waals surface area (Å²) in [6.45, 7) is 5.68. The molecule has 2 aromatic heterocycles. The van der Waals surface area contributed by atoms with Crippen LogP contribution in [0.15, 0.2) is 30.5 Å². The summed E-state index contributed by atoms with van der Waals surface area (Å²) in [7, 11) is 0. The van der Waals surface area contributed by atoms with Gasteiger partial charge in [-0.25, -0.2) is 15.0 Å². The number of thiazole rings is 1. The Morgan fingerprint density at radius 1 is 1.24 bits per heavy atom. The van der Waals surface area contributed by atoms with Gasteiger partial charge in [-0.1, -0.05) is 12.1 Å². The highest BCUT2D eigenvalue weighted by Crippen LogP contribution is 2.28. The fourth-order valence-corrected chi connectivity index (χ4v) is 3.73. The van der Waals surface area contributed by atoms with Crippen molar-refractivity contribution in [3.05, 3.63) is 36.7 Å². The van der Waals surface area contributed by atoms with Crippen molar-refractivity contribution in [1.82, 2.24) is 19.9 Å². The van der Waals surface area contributed by atoms with Crippen molar-refractivity contribution in [3.8, 4) is 10.6 Å². The third kappa shape index (κ3) is 4.12. The second-order valence-electron chi connectivity index (χ2n) is 5.94. The monoisotopic (exact) mass is 354 g/mol. The van der Waals surface area contributed by atoms with E-state index in [1.807, 2.05) is 18.2 Å². The molecule has 0 unspecified atom stereocenters. The van der Waals surface area contributed by atoms with Gasteiger partial charge >= 0.3 is 0 Å². The van der Waals surface area contributed by atoms with Crippen molar-refractivity contribution in [1.29, 1.82) is 0 Å². The van der Waals surface area contributed by atoms with E-state index >= 15 is 0 Å². The smallest absolute Gasteiger partial charge is 0.223 e. The maximum atomic E-state index is 5.36. The molecule has 0 atom stereocenters. The molecular weight excluding hydrogens is 334 g/mol. The van der Waals surface area contributed by atoms with Crippen molar-refractivity contribution in [2.45, 2.75) is 6.42 Å². The maximum absolute atomic E-state index is 5.36. The second-order valence-corrected chi connectivity index (χ2v) is 6.97. The fraction of sp³-hybridized carbons (Fsp3) is 0.389. The molecular formula is C18H20N5OS. The first-order chi connectivity index (χ1) is 12.4. The topological polar surface area (TPSA) is 63.2 Å². The number of benzene rings is 1. The standard InChI is InChI=1S/C18H20N5OS/c1-2-5-16-15(4-1)22-17(25-16)14-12-20-18(21-13-14)19-6-3-7-23-8-10-24-11-9-23/h1-2,4-5,12H,3,6-11H2,(H,19,20,21). The van der Waals surface area contributed by atoms with Crippen LogP contribution in [0.1, 0.15) is 6.42 Å². The van der Waals surface area contributed by atoms with E-state index in [0.717, 1.165) is 66.6 Å². The summed E-state index contributed by atoms with van der Waals surface area (Å²) in [5.74, 6) is 0.617. The molecule has 129 valence electrons. The zero-order valence-corrected chi connectivity index (χ0v) is 14.8. The molecule has 7 heteroatoms. The summed E-state index contributed by atoms with van der Waals surface area (Å²) in [4.78, 5) is 15.7. The zero-order valence-electron chi connectivity index (χ0n) is 13.9. The maximum Gasteiger partial charge on any atom is 0.223 e. The Balaban J connectivity index is 1.30. The van der Waals surface area contributed by atoms with Crippen LogP contribution >= 0.6 is 11.3 Å². The quantitative estimate of drug-likeness (QED) is 0.687. The molecule has 1 saturated heterocycles. The molecule has 6 nitrogen and oxygen atoms in total. The molecule has 4 rings (SSSR count). The highest BCUT2D eigenvalue weighted by atomic mass is 32.1. The normalized spacial score (nSPS) is 15.5. The van der Waals surface area contributed by atoms with Crippen molar-refractivity contribution in [2.75, 3.05) is 44.7 Å². The number of ether oxygens (including phenoxy) is 1. The second kappa shape index (κ2) is 7.86. The SMILES string of the molecule is [c]1nc(NCCCN2CCOCC2)ncc1-c1nc2ccccc2s1. The summed E-state index contributed by atoms with van der Waals surface area (Å²) in [5.41, 5.74) is 1.83. The number of nitrogens with one attached hydrogen (secondary N) is 1. The predicted octanol–water partition coefficient (Wildman–Crippen LogP) is 2.69. The van der Waals surface area contributed by atoms with E-state index in [1.165, 1.54) is 0 Å². The fourth-order valence-electron chi connectivity index (χ4n) is 2.80. The van der Waals surface area contributed by atoms with Gasteiger partial charge in [-0.2, -0.15) is 0 Å². The first kappa shape index (κ1) is 16.4. The van der Waals surface area contributed by atoms with Crippen LogP contribution in [0, 0.1) is 6.20 Å². The minimum Gasteiger partial charge on any atom is -0.379 e. The minimum absolute atomic E-state index is 0.617. The lowest BCUT2D eigenvalue weighted by molar-refractivity contribution is 0.0378. The first-order valence-corrected chi connectivity index (χ1v) is 9.35. The molecule has 1 radical (unpaired) electrons. The molecule has 3 heterocycles. The number of nitrogens with zero attached hydrogens (tertiary/aromatic N) is 4. The van der Waals surface area contributed by atoms with Gasteiger partial charge in [0.2, 0.25) is 5.95 Å². The van der Waals surface area contributed by atoms with Crippen LogP contribution in [-0.2, 0) is 4.74 Å². The highest BCUT2D eigenvalue weighted by Gasteiger charge is 2.10. The lowest BCUT2D eigenvalue weighted by atomic mass is 10.3. The summed E-state index contributed by atoms with van der Waals surface area (Å²) in [6, 6.07) is 8.10. The Bertz CT molecular complexity index is 781. The molecule has 25 heavy (non-hydrogen) atoms. The Morgan fingerprint density at radius 3 is 2.92 bits per heavy atom. The van der Waals surface area contributed by atoms with Gasteiger partial charge in [0, 0.05) is 25.8 Å². The molecule has 0 amide bonds. The van der Waals surface area contributed by atoms with E-state index in [2.05, 4.69) is 37.4 Å². The van der Waals surface area contributed by atoms with E-state index in [4.69, 9.17) is 4.74 Å². The molecule has 1 aromatic carbocycles. The predicted molar refractivity (Wildman–Crippen MR) is 99.8 cm³/mol. The summed E-state index contributed by atoms with van der Waals surface area (Å²) < 4.78 is 6.52. The van der Waals surface area contributed by atoms with Gasteiger partial charge in [0.15, 0.2) is 0 Å². The largest absolute Gasteiger partial charge is 0.379 e. The molecule has 0 saturated carbocycles. The number of para-hydroxylation sites is 1. The third-order valence-electron chi connectivity index (χ3n) is 4.16. The van der Waals surface area contributed by atoms with E-state index in [9.17, 15) is 0 Å². The van der Waals surface area contributed by atoms with E-state index in [0.29, 0.717) is 5.95 Å². The number of fused-ring (bicyclic) bond motifs is 1. The zero-order chi connectivity index (χ0) is 16.9. The molecule has 1 aliphatic rings. The average Bonchev–Trinajstić information content (AvgIpc) is 3.11. The van der Waals surface area contributed by atoms with Crippen LogP contribution in [0.3, 0.4) is 0 Å². The van der Waals surface area contributed by atoms with Crippen LogP contribution < -0.4 is 5.32 Å². The van der Waals surface area contributed by atoms with Gasteiger partial charge in [0.25, 0.3) is 0 Å². The van der Waals surface area contributed by atoms with Crippen molar-refractivity contribution < 1.29 is 4.74 Å². The Morgan fingerprint density at radius 2 is 2.12 bits per heavy atom. The summed E-state index contributed by atoms with van der Waals surface area (Å²) in [5, 5.41) is 4.16. The van der Waals surface area contributed by atoms with E-state index in [-0.39, 0.29) is 0 Å². The van der Waals surface area contributed by atoms with Crippen LogP contribution in [0.25, 0.3) is 20.8 Å². The van der Waals surface area contributed by atoms with Crippen LogP contribution in [0.5, 0.6) is 0 Å². The molecule has 0 bridgehead atoms. The number of aromatic nitrogens is 3. The number of hydrogen-bond acceptors (Lipinski definition) is 7. The van der Waals surface area contributed by atoms with Crippen LogP contribution in [0.4, 0.5) is 5.95 Å². The van der Waals surface area contributed by atoms with E-state index < -0.39 is 0 Å². The number of anilines is 1. The van der Waals surface area contributed by atoms with Crippen LogP contribution in [0.2, 0.25) is 0 Å². The van der Waals surface area contributed by atoms with Crippen LogP contribution in [-0.4, -0.2) is 59.2 Å². The molecule has 1 aliphatic heterocycles. The number of morpholine rings is 1. The molecule has 0 spiro atoms. The summed E-state index contributed by atoms with van der Waals surface area (Å²) in [6.07, 6.45) is 5.90. The van der Waals surface area contributed by atoms with Gasteiger partial charge < -0.3 is 10.1 Å². The molecule has 1 fully saturated rings. The van der Waals surface area contributed by atoms with E-state index in [1.54, 1.807) is 17.5 Å². The highest BCUT2D eigenvalue weighted by molar-refractivity contribution is 7.21. The number of rotatable bonds is 6. The Hall–Kier alpha value is -2.09. The number of hydrogen-bond donors (Lipinski definition) is 1. The first-order valence-electron chi connectivity index (χ1n) is 8.53. The van der Waals surface area contributed by atoms with Crippen molar-refractivity contribution >= 4 is 27.5 Å². The minimum atomic E-state index is 0.617. The Kier molecular flexibility index (Phi) is 5.15. The Labute approximate surface area is 150 Å². The van der Waals surface area contributed by atoms with Crippen molar-refractivity contribution in [3.63, 3.8) is 0 Å². The van der Waals surface area contributed by atoms with Gasteiger partial charge in [-0.15, -0.1) is 11.3 Å². The van der Waals surface area contributed by atoms with Gasteiger partial charge in [-0.05, 0) is 25.1 Å². The third-order valence-corrected chi connectivity index (χ3v) is 5.23. The molecule has 0 aliphatic carbocycles. The van der Waals surface area contributed by atoms with Crippen molar-refractivity contribution in [2.24, 2.45) is 0 Å². The van der Waals surface area contributed by atoms with Gasteiger partial charge in [0.1, 0.15) is 11.2 Å². The molecule has 1 N–H and O–H groups in total. The van der Waals surface area contributed by atoms with Gasteiger partial charge in [-0.3, -0.25) is 4.90 Å². The average molecular weight is 354 g/mol. The van der Waals surface area contributed by atoms with Gasteiger partial charge in [0.05, 0.1) is 29.0 Å².